The number of carbonyl (C=O) groups excluding carboxylic acids is 1. The summed E-state index contributed by atoms with van der Waals surface area (Å²) in [5.41, 5.74) is 3.15. The molecule has 4 rings (SSSR count). The van der Waals surface area contributed by atoms with Crippen molar-refractivity contribution in [1.82, 2.24) is 9.88 Å². The van der Waals surface area contributed by atoms with Crippen LogP contribution in [-0.4, -0.2) is 22.3 Å². The first kappa shape index (κ1) is 13.1. The van der Waals surface area contributed by atoms with E-state index in [1.807, 2.05) is 41.4 Å². The van der Waals surface area contributed by atoms with E-state index in [-0.39, 0.29) is 11.9 Å². The smallest absolute Gasteiger partial charge is 0.254 e. The van der Waals surface area contributed by atoms with Crippen molar-refractivity contribution < 1.29 is 4.79 Å². The molecule has 0 unspecified atom stereocenters. The van der Waals surface area contributed by atoms with Crippen LogP contribution < -0.4 is 0 Å². The van der Waals surface area contributed by atoms with Crippen LogP contribution in [0.5, 0.6) is 0 Å². The molecule has 3 heteroatoms. The van der Waals surface area contributed by atoms with Crippen LogP contribution in [-0.2, 0) is 0 Å². The predicted molar refractivity (Wildman–Crippen MR) is 87.8 cm³/mol. The molecular weight excluding hydrogens is 272 g/mol. The van der Waals surface area contributed by atoms with Crippen molar-refractivity contribution in [2.45, 2.75) is 18.9 Å². The highest BCUT2D eigenvalue weighted by atomic mass is 16.2. The third kappa shape index (κ3) is 2.19. The van der Waals surface area contributed by atoms with E-state index in [1.54, 1.807) is 0 Å². The van der Waals surface area contributed by atoms with E-state index >= 15 is 0 Å². The molecule has 3 nitrogen and oxygen atoms in total. The van der Waals surface area contributed by atoms with E-state index in [2.05, 4.69) is 29.2 Å². The highest BCUT2D eigenvalue weighted by Gasteiger charge is 2.30. The van der Waals surface area contributed by atoms with Gasteiger partial charge in [-0.3, -0.25) is 4.79 Å². The molecule has 0 saturated carbocycles. The lowest BCUT2D eigenvalue weighted by molar-refractivity contribution is 0.0735. The molecule has 3 aromatic rings. The molecule has 0 radical (unpaired) electrons. The number of aromatic nitrogens is 1. The van der Waals surface area contributed by atoms with E-state index < -0.39 is 0 Å². The molecule has 1 amide bonds. The minimum atomic E-state index is 0.136. The van der Waals surface area contributed by atoms with Gasteiger partial charge in [0.2, 0.25) is 0 Å². The minimum absolute atomic E-state index is 0.136. The second-order valence-corrected chi connectivity index (χ2v) is 5.85. The molecule has 2 heterocycles. The van der Waals surface area contributed by atoms with Gasteiger partial charge in [0, 0.05) is 23.8 Å². The quantitative estimate of drug-likeness (QED) is 0.756. The van der Waals surface area contributed by atoms with Crippen molar-refractivity contribution in [3.8, 4) is 0 Å². The number of hydrogen-bond donors (Lipinski definition) is 1. The van der Waals surface area contributed by atoms with Crippen molar-refractivity contribution in [3.05, 3.63) is 71.9 Å². The Labute approximate surface area is 129 Å². The molecule has 1 aromatic heterocycles. The number of fused-ring (bicyclic) bond motifs is 1. The number of aromatic amines is 1. The van der Waals surface area contributed by atoms with E-state index in [0.29, 0.717) is 0 Å². The van der Waals surface area contributed by atoms with Gasteiger partial charge in [-0.05, 0) is 54.1 Å². The summed E-state index contributed by atoms with van der Waals surface area (Å²) in [6.07, 6.45) is 4.05. The topological polar surface area (TPSA) is 36.1 Å². The fourth-order valence-electron chi connectivity index (χ4n) is 3.38. The number of likely N-dealkylation sites (tertiary alicyclic amines) is 1. The standard InChI is InChI=1S/C19H18N2O/c22-19(14-5-2-1-3-6-14)21-12-4-7-18(21)16-8-9-17-15(13-16)10-11-20-17/h1-3,5-6,8-11,13,18,20H,4,7,12H2/t18-/m0/s1. The normalized spacial score (nSPS) is 18.0. The maximum absolute atomic E-state index is 12.8. The number of H-pyrrole nitrogens is 1. The van der Waals surface area contributed by atoms with Crippen molar-refractivity contribution in [2.75, 3.05) is 6.54 Å². The number of amides is 1. The van der Waals surface area contributed by atoms with Gasteiger partial charge in [-0.25, -0.2) is 0 Å². The van der Waals surface area contributed by atoms with Crippen LogP contribution in [0.2, 0.25) is 0 Å². The number of carbonyl (C=O) groups is 1. The number of rotatable bonds is 2. The van der Waals surface area contributed by atoms with Gasteiger partial charge in [0.1, 0.15) is 0 Å². The fourth-order valence-corrected chi connectivity index (χ4v) is 3.38. The van der Waals surface area contributed by atoms with Gasteiger partial charge in [0.25, 0.3) is 5.91 Å². The first-order valence-corrected chi connectivity index (χ1v) is 7.76. The Bertz CT molecular complexity index is 806. The van der Waals surface area contributed by atoms with E-state index in [0.717, 1.165) is 30.5 Å². The van der Waals surface area contributed by atoms with Crippen molar-refractivity contribution in [1.29, 1.82) is 0 Å². The highest BCUT2D eigenvalue weighted by Crippen LogP contribution is 2.34. The summed E-state index contributed by atoms with van der Waals surface area (Å²) in [6.45, 7) is 0.837. The van der Waals surface area contributed by atoms with Gasteiger partial charge in [0.15, 0.2) is 0 Å². The van der Waals surface area contributed by atoms with Crippen LogP contribution in [0, 0.1) is 0 Å². The molecule has 1 aliphatic heterocycles. The maximum atomic E-state index is 12.8. The Kier molecular flexibility index (Phi) is 3.19. The second kappa shape index (κ2) is 5.34. The average molecular weight is 290 g/mol. The van der Waals surface area contributed by atoms with E-state index in [1.165, 1.54) is 10.9 Å². The third-order valence-electron chi connectivity index (χ3n) is 4.50. The molecule has 1 aliphatic rings. The van der Waals surface area contributed by atoms with Gasteiger partial charge in [0.05, 0.1) is 6.04 Å². The molecule has 110 valence electrons. The molecule has 22 heavy (non-hydrogen) atoms. The van der Waals surface area contributed by atoms with Crippen molar-refractivity contribution >= 4 is 16.8 Å². The summed E-state index contributed by atoms with van der Waals surface area (Å²) >= 11 is 0. The summed E-state index contributed by atoms with van der Waals surface area (Å²) in [5.74, 6) is 0.136. The lowest BCUT2D eigenvalue weighted by atomic mass is 10.0. The van der Waals surface area contributed by atoms with Gasteiger partial charge in [-0.15, -0.1) is 0 Å². The number of nitrogens with one attached hydrogen (secondary N) is 1. The predicted octanol–water partition coefficient (Wildman–Crippen LogP) is 4.15. The molecule has 2 aromatic carbocycles. The van der Waals surface area contributed by atoms with Gasteiger partial charge >= 0.3 is 0 Å². The monoisotopic (exact) mass is 290 g/mol. The Morgan fingerprint density at radius 2 is 1.95 bits per heavy atom. The zero-order valence-corrected chi connectivity index (χ0v) is 12.3. The third-order valence-corrected chi connectivity index (χ3v) is 4.50. The number of hydrogen-bond acceptors (Lipinski definition) is 1. The number of benzene rings is 2. The first-order chi connectivity index (χ1) is 10.8. The maximum Gasteiger partial charge on any atom is 0.254 e. The molecule has 1 fully saturated rings. The van der Waals surface area contributed by atoms with Crippen LogP contribution in [0.1, 0.15) is 34.8 Å². The van der Waals surface area contributed by atoms with Crippen LogP contribution in [0.4, 0.5) is 0 Å². The van der Waals surface area contributed by atoms with Crippen LogP contribution in [0.25, 0.3) is 10.9 Å². The fraction of sp³-hybridized carbons (Fsp3) is 0.211. The lowest BCUT2D eigenvalue weighted by Gasteiger charge is -2.25. The Hall–Kier alpha value is -2.55. The molecule has 0 spiro atoms. The van der Waals surface area contributed by atoms with Gasteiger partial charge in [-0.1, -0.05) is 24.3 Å². The zero-order valence-electron chi connectivity index (χ0n) is 12.3. The number of nitrogens with zero attached hydrogens (tertiary/aromatic N) is 1. The Morgan fingerprint density at radius 1 is 1.09 bits per heavy atom. The van der Waals surface area contributed by atoms with Crippen LogP contribution in [0.3, 0.4) is 0 Å². The van der Waals surface area contributed by atoms with Gasteiger partial charge in [-0.2, -0.15) is 0 Å². The highest BCUT2D eigenvalue weighted by molar-refractivity contribution is 5.94. The first-order valence-electron chi connectivity index (χ1n) is 7.76. The molecule has 1 atom stereocenters. The molecule has 0 aliphatic carbocycles. The summed E-state index contributed by atoms with van der Waals surface area (Å²) < 4.78 is 0. The van der Waals surface area contributed by atoms with Crippen molar-refractivity contribution in [3.63, 3.8) is 0 Å². The zero-order chi connectivity index (χ0) is 14.9. The summed E-state index contributed by atoms with van der Waals surface area (Å²) in [6, 6.07) is 18.3. The average Bonchev–Trinajstić information content (AvgIpc) is 3.23. The second-order valence-electron chi connectivity index (χ2n) is 5.85. The molecular formula is C19H18N2O. The van der Waals surface area contributed by atoms with Crippen LogP contribution in [0.15, 0.2) is 60.8 Å². The van der Waals surface area contributed by atoms with E-state index in [4.69, 9.17) is 0 Å². The molecule has 0 bridgehead atoms. The molecule has 1 saturated heterocycles. The molecule has 1 N–H and O–H groups in total. The lowest BCUT2D eigenvalue weighted by Crippen LogP contribution is -2.30. The van der Waals surface area contributed by atoms with Crippen LogP contribution >= 0.6 is 0 Å². The Balaban J connectivity index is 1.67. The summed E-state index contributed by atoms with van der Waals surface area (Å²) in [4.78, 5) is 18.0. The SMILES string of the molecule is O=C(c1ccccc1)N1CCC[C@H]1c1ccc2[nH]ccc2c1. The largest absolute Gasteiger partial charge is 0.361 e. The minimum Gasteiger partial charge on any atom is -0.361 e. The summed E-state index contributed by atoms with van der Waals surface area (Å²) in [7, 11) is 0. The Morgan fingerprint density at radius 3 is 2.82 bits per heavy atom. The van der Waals surface area contributed by atoms with Crippen molar-refractivity contribution in [2.24, 2.45) is 0 Å². The van der Waals surface area contributed by atoms with E-state index in [9.17, 15) is 4.79 Å². The summed E-state index contributed by atoms with van der Waals surface area (Å²) in [5, 5.41) is 1.21. The van der Waals surface area contributed by atoms with Gasteiger partial charge < -0.3 is 9.88 Å².